The maximum Gasteiger partial charge on any atom is 0.238 e. The highest BCUT2D eigenvalue weighted by Gasteiger charge is 2.20. The van der Waals surface area contributed by atoms with E-state index in [2.05, 4.69) is 43.4 Å². The van der Waals surface area contributed by atoms with Crippen molar-refractivity contribution in [2.24, 2.45) is 4.99 Å². The molecule has 1 saturated heterocycles. The van der Waals surface area contributed by atoms with Gasteiger partial charge < -0.3 is 25.8 Å². The number of nitrogens with zero attached hydrogens (tertiary/aromatic N) is 3. The Kier molecular flexibility index (Phi) is 8.10. The molecule has 0 bridgehead atoms. The molecular weight excluding hydrogens is 396 g/mol. The van der Waals surface area contributed by atoms with Gasteiger partial charge in [0.1, 0.15) is 0 Å². The molecular formula is C22H32N6OS. The SMILES string of the molecule is CN=C(NCc1cccc(NC(=O)CN(C)C)c1)NC1CCN(c2cccs2)CC1. The summed E-state index contributed by atoms with van der Waals surface area (Å²) in [6.07, 6.45) is 2.18. The van der Waals surface area contributed by atoms with Gasteiger partial charge in [0, 0.05) is 38.4 Å². The summed E-state index contributed by atoms with van der Waals surface area (Å²) in [4.78, 5) is 20.6. The lowest BCUT2D eigenvalue weighted by Gasteiger charge is -2.33. The van der Waals surface area contributed by atoms with Gasteiger partial charge in [-0.15, -0.1) is 11.3 Å². The Labute approximate surface area is 183 Å². The smallest absolute Gasteiger partial charge is 0.238 e. The molecule has 162 valence electrons. The number of guanidine groups is 1. The number of likely N-dealkylation sites (N-methyl/N-ethyl adjacent to an activating group) is 1. The van der Waals surface area contributed by atoms with Crippen LogP contribution in [0.5, 0.6) is 0 Å². The molecule has 1 aliphatic rings. The van der Waals surface area contributed by atoms with E-state index in [1.807, 2.05) is 43.3 Å². The minimum absolute atomic E-state index is 0.0172. The van der Waals surface area contributed by atoms with Gasteiger partial charge in [-0.2, -0.15) is 0 Å². The standard InChI is InChI=1S/C22H32N6OS/c1-23-22(26-18-9-11-28(12-10-18)21-8-5-13-30-21)24-15-17-6-4-7-19(14-17)25-20(29)16-27(2)3/h4-8,13-14,18H,9-12,15-16H2,1-3H3,(H,25,29)(H2,23,24,26). The highest BCUT2D eigenvalue weighted by Crippen LogP contribution is 2.24. The largest absolute Gasteiger partial charge is 0.363 e. The Bertz CT molecular complexity index is 828. The molecule has 2 aromatic rings. The van der Waals surface area contributed by atoms with Crippen molar-refractivity contribution in [1.82, 2.24) is 15.5 Å². The third kappa shape index (κ3) is 6.74. The summed E-state index contributed by atoms with van der Waals surface area (Å²) in [6.45, 7) is 3.13. The fourth-order valence-corrected chi connectivity index (χ4v) is 4.30. The zero-order valence-corrected chi connectivity index (χ0v) is 18.8. The summed E-state index contributed by atoms with van der Waals surface area (Å²) in [5, 5.41) is 13.4. The number of benzene rings is 1. The third-order valence-electron chi connectivity index (χ3n) is 5.01. The van der Waals surface area contributed by atoms with E-state index >= 15 is 0 Å². The first-order valence-corrected chi connectivity index (χ1v) is 11.2. The summed E-state index contributed by atoms with van der Waals surface area (Å²) >= 11 is 1.80. The number of carbonyl (C=O) groups is 1. The van der Waals surface area contributed by atoms with Crippen LogP contribution in [-0.2, 0) is 11.3 Å². The predicted octanol–water partition coefficient (Wildman–Crippen LogP) is 2.58. The van der Waals surface area contributed by atoms with E-state index in [4.69, 9.17) is 0 Å². The second-order valence-electron chi connectivity index (χ2n) is 7.77. The molecule has 1 aliphatic heterocycles. The van der Waals surface area contributed by atoms with Gasteiger partial charge in [-0.25, -0.2) is 0 Å². The first-order chi connectivity index (χ1) is 14.5. The van der Waals surface area contributed by atoms with E-state index in [0.29, 0.717) is 19.1 Å². The molecule has 0 aliphatic carbocycles. The molecule has 3 N–H and O–H groups in total. The van der Waals surface area contributed by atoms with E-state index in [-0.39, 0.29) is 5.91 Å². The molecule has 1 fully saturated rings. The minimum atomic E-state index is -0.0172. The van der Waals surface area contributed by atoms with E-state index in [1.165, 1.54) is 5.00 Å². The van der Waals surface area contributed by atoms with Crippen LogP contribution in [0.15, 0.2) is 46.8 Å². The lowest BCUT2D eigenvalue weighted by Crippen LogP contribution is -2.48. The van der Waals surface area contributed by atoms with Crippen LogP contribution in [-0.4, -0.2) is 63.6 Å². The van der Waals surface area contributed by atoms with Gasteiger partial charge in [-0.3, -0.25) is 9.79 Å². The second-order valence-corrected chi connectivity index (χ2v) is 8.70. The summed E-state index contributed by atoms with van der Waals surface area (Å²) < 4.78 is 0. The Morgan fingerprint density at radius 3 is 2.70 bits per heavy atom. The number of hydrogen-bond acceptors (Lipinski definition) is 5. The quantitative estimate of drug-likeness (QED) is 0.467. The summed E-state index contributed by atoms with van der Waals surface area (Å²) in [5.74, 6) is 0.795. The number of nitrogens with one attached hydrogen (secondary N) is 3. The van der Waals surface area contributed by atoms with Crippen molar-refractivity contribution in [3.8, 4) is 0 Å². The third-order valence-corrected chi connectivity index (χ3v) is 5.94. The van der Waals surface area contributed by atoms with E-state index < -0.39 is 0 Å². The van der Waals surface area contributed by atoms with E-state index in [9.17, 15) is 4.79 Å². The number of hydrogen-bond donors (Lipinski definition) is 3. The van der Waals surface area contributed by atoms with Crippen LogP contribution >= 0.6 is 11.3 Å². The van der Waals surface area contributed by atoms with Gasteiger partial charge in [0.25, 0.3) is 0 Å². The second kappa shape index (κ2) is 11.0. The summed E-state index contributed by atoms with van der Waals surface area (Å²) in [6, 6.07) is 12.6. The molecule has 1 aromatic carbocycles. The van der Waals surface area contributed by atoms with Crippen LogP contribution in [0.1, 0.15) is 18.4 Å². The molecule has 0 unspecified atom stereocenters. The number of rotatable bonds is 7. The van der Waals surface area contributed by atoms with Gasteiger partial charge in [0.05, 0.1) is 11.5 Å². The molecule has 2 heterocycles. The Morgan fingerprint density at radius 2 is 2.03 bits per heavy atom. The fourth-order valence-electron chi connectivity index (χ4n) is 3.51. The Morgan fingerprint density at radius 1 is 1.23 bits per heavy atom. The van der Waals surface area contributed by atoms with Gasteiger partial charge in [0.2, 0.25) is 5.91 Å². The van der Waals surface area contributed by atoms with Crippen molar-refractivity contribution in [2.45, 2.75) is 25.4 Å². The number of aliphatic imine (C=N–C) groups is 1. The van der Waals surface area contributed by atoms with Crippen molar-refractivity contribution in [3.63, 3.8) is 0 Å². The molecule has 7 nitrogen and oxygen atoms in total. The van der Waals surface area contributed by atoms with Crippen molar-refractivity contribution in [3.05, 3.63) is 47.3 Å². The number of piperidine rings is 1. The number of thiophene rings is 1. The molecule has 1 amide bonds. The topological polar surface area (TPSA) is 72.0 Å². The highest BCUT2D eigenvalue weighted by atomic mass is 32.1. The molecule has 30 heavy (non-hydrogen) atoms. The van der Waals surface area contributed by atoms with Crippen LogP contribution < -0.4 is 20.9 Å². The van der Waals surface area contributed by atoms with E-state index in [0.717, 1.165) is 43.1 Å². The first-order valence-electron chi connectivity index (χ1n) is 10.3. The Hall–Kier alpha value is -2.58. The van der Waals surface area contributed by atoms with Crippen molar-refractivity contribution < 1.29 is 4.79 Å². The average Bonchev–Trinajstić information content (AvgIpc) is 3.26. The molecule has 1 aromatic heterocycles. The van der Waals surface area contributed by atoms with Crippen LogP contribution in [0.2, 0.25) is 0 Å². The van der Waals surface area contributed by atoms with E-state index in [1.54, 1.807) is 18.4 Å². The highest BCUT2D eigenvalue weighted by molar-refractivity contribution is 7.14. The first kappa shape index (κ1) is 22.1. The zero-order valence-electron chi connectivity index (χ0n) is 18.0. The monoisotopic (exact) mass is 428 g/mol. The Balaban J connectivity index is 1.45. The maximum atomic E-state index is 12.0. The lowest BCUT2D eigenvalue weighted by atomic mass is 10.1. The van der Waals surface area contributed by atoms with Crippen LogP contribution in [0.4, 0.5) is 10.7 Å². The van der Waals surface area contributed by atoms with Gasteiger partial charge in [-0.05, 0) is 62.1 Å². The van der Waals surface area contributed by atoms with Gasteiger partial charge in [-0.1, -0.05) is 12.1 Å². The maximum absolute atomic E-state index is 12.0. The summed E-state index contributed by atoms with van der Waals surface area (Å²) in [7, 11) is 5.56. The predicted molar refractivity (Wildman–Crippen MR) is 127 cm³/mol. The minimum Gasteiger partial charge on any atom is -0.363 e. The lowest BCUT2D eigenvalue weighted by molar-refractivity contribution is -0.116. The molecule has 0 saturated carbocycles. The van der Waals surface area contributed by atoms with Crippen LogP contribution in [0.3, 0.4) is 0 Å². The average molecular weight is 429 g/mol. The van der Waals surface area contributed by atoms with Gasteiger partial charge in [0.15, 0.2) is 5.96 Å². The van der Waals surface area contributed by atoms with Crippen molar-refractivity contribution in [2.75, 3.05) is 51.0 Å². The number of anilines is 2. The fraction of sp³-hybridized carbons (Fsp3) is 0.455. The summed E-state index contributed by atoms with van der Waals surface area (Å²) in [5.41, 5.74) is 1.90. The molecule has 0 radical (unpaired) electrons. The van der Waals surface area contributed by atoms with Crippen LogP contribution in [0.25, 0.3) is 0 Å². The molecule has 8 heteroatoms. The molecule has 3 rings (SSSR count). The van der Waals surface area contributed by atoms with Gasteiger partial charge >= 0.3 is 0 Å². The molecule has 0 atom stereocenters. The number of amides is 1. The zero-order chi connectivity index (χ0) is 21.3. The van der Waals surface area contributed by atoms with Crippen molar-refractivity contribution in [1.29, 1.82) is 0 Å². The molecule has 0 spiro atoms. The number of carbonyl (C=O) groups excluding carboxylic acids is 1. The van der Waals surface area contributed by atoms with Crippen molar-refractivity contribution >= 4 is 33.9 Å². The normalized spacial score (nSPS) is 15.3. The van der Waals surface area contributed by atoms with Crippen LogP contribution in [0, 0.1) is 0 Å².